The van der Waals surface area contributed by atoms with Gasteiger partial charge in [-0.2, -0.15) is 0 Å². The van der Waals surface area contributed by atoms with Crippen LogP contribution in [0.3, 0.4) is 0 Å². The van der Waals surface area contributed by atoms with Crippen LogP contribution in [0.15, 0.2) is 53.0 Å². The average Bonchev–Trinajstić information content (AvgIpc) is 2.58. The number of nitrogens with one attached hydrogen (secondary N) is 2. The summed E-state index contributed by atoms with van der Waals surface area (Å²) in [6, 6.07) is 15.1. The van der Waals surface area contributed by atoms with Crippen LogP contribution in [-0.2, 0) is 0 Å². The van der Waals surface area contributed by atoms with E-state index in [1.807, 2.05) is 36.4 Å². The zero-order valence-electron chi connectivity index (χ0n) is 13.7. The first-order valence-corrected chi connectivity index (χ1v) is 8.96. The van der Waals surface area contributed by atoms with Crippen LogP contribution in [0.1, 0.15) is 24.2 Å². The van der Waals surface area contributed by atoms with E-state index in [0.29, 0.717) is 5.56 Å². The number of carbonyl (C=O) groups excluding carboxylic acids is 1. The largest absolute Gasteiger partial charge is 0.372 e. The molecule has 0 bridgehead atoms. The highest BCUT2D eigenvalue weighted by Gasteiger charge is 2.08. The SMILES string of the molecule is CCN(CC)c1ccc(NC(=S)NC(=O)c2ccc(Br)cc2)cc1. The smallest absolute Gasteiger partial charge is 0.257 e. The van der Waals surface area contributed by atoms with Gasteiger partial charge in [0.15, 0.2) is 5.11 Å². The fourth-order valence-corrected chi connectivity index (χ4v) is 2.76. The second-order valence-electron chi connectivity index (χ2n) is 5.13. The Kier molecular flexibility index (Phi) is 6.75. The number of nitrogens with zero attached hydrogens (tertiary/aromatic N) is 1. The molecule has 4 nitrogen and oxygen atoms in total. The third-order valence-electron chi connectivity index (χ3n) is 3.59. The van der Waals surface area contributed by atoms with Gasteiger partial charge in [-0.1, -0.05) is 15.9 Å². The Morgan fingerprint density at radius 1 is 1.04 bits per heavy atom. The van der Waals surface area contributed by atoms with Gasteiger partial charge in [0, 0.05) is 34.5 Å². The highest BCUT2D eigenvalue weighted by molar-refractivity contribution is 9.10. The van der Waals surface area contributed by atoms with E-state index in [1.165, 1.54) is 0 Å². The van der Waals surface area contributed by atoms with Crippen LogP contribution < -0.4 is 15.5 Å². The molecule has 6 heteroatoms. The van der Waals surface area contributed by atoms with Gasteiger partial charge in [-0.05, 0) is 74.6 Å². The number of halogens is 1. The number of carbonyl (C=O) groups is 1. The maximum Gasteiger partial charge on any atom is 0.257 e. The quantitative estimate of drug-likeness (QED) is 0.722. The fourth-order valence-electron chi connectivity index (χ4n) is 2.28. The van der Waals surface area contributed by atoms with Gasteiger partial charge in [0.2, 0.25) is 0 Å². The van der Waals surface area contributed by atoms with Crippen molar-refractivity contribution < 1.29 is 4.79 Å². The number of amides is 1. The lowest BCUT2D eigenvalue weighted by atomic mass is 10.2. The third-order valence-corrected chi connectivity index (χ3v) is 4.32. The number of anilines is 2. The molecular formula is C18H20BrN3OS. The summed E-state index contributed by atoms with van der Waals surface area (Å²) < 4.78 is 0.924. The van der Waals surface area contributed by atoms with E-state index in [9.17, 15) is 4.79 Å². The second kappa shape index (κ2) is 8.80. The molecular weight excluding hydrogens is 386 g/mol. The molecule has 0 unspecified atom stereocenters. The monoisotopic (exact) mass is 405 g/mol. The molecule has 1 amide bonds. The summed E-state index contributed by atoms with van der Waals surface area (Å²) >= 11 is 8.55. The van der Waals surface area contributed by atoms with Crippen LogP contribution in [0.25, 0.3) is 0 Å². The Bertz CT molecular complexity index is 697. The number of rotatable bonds is 5. The van der Waals surface area contributed by atoms with Gasteiger partial charge in [0.1, 0.15) is 0 Å². The van der Waals surface area contributed by atoms with E-state index in [2.05, 4.69) is 45.3 Å². The van der Waals surface area contributed by atoms with Crippen LogP contribution in [-0.4, -0.2) is 24.1 Å². The van der Waals surface area contributed by atoms with E-state index >= 15 is 0 Å². The Hall–Kier alpha value is -1.92. The molecule has 0 radical (unpaired) electrons. The van der Waals surface area contributed by atoms with Crippen LogP contribution >= 0.6 is 28.1 Å². The second-order valence-corrected chi connectivity index (χ2v) is 6.46. The van der Waals surface area contributed by atoms with Crippen LogP contribution in [0.5, 0.6) is 0 Å². The molecule has 0 saturated carbocycles. The zero-order chi connectivity index (χ0) is 17.5. The maximum absolute atomic E-state index is 12.1. The first kappa shape index (κ1) is 18.4. The summed E-state index contributed by atoms with van der Waals surface area (Å²) in [5.41, 5.74) is 2.56. The number of benzene rings is 2. The standard InChI is InChI=1S/C18H20BrN3OS/c1-3-22(4-2)16-11-9-15(10-12-16)20-18(24)21-17(23)13-5-7-14(19)8-6-13/h5-12H,3-4H2,1-2H3,(H2,20,21,23,24). The minimum Gasteiger partial charge on any atom is -0.372 e. The van der Waals surface area contributed by atoms with Crippen molar-refractivity contribution in [3.8, 4) is 0 Å². The van der Waals surface area contributed by atoms with Crippen molar-refractivity contribution in [2.45, 2.75) is 13.8 Å². The lowest BCUT2D eigenvalue weighted by molar-refractivity contribution is 0.0977. The van der Waals surface area contributed by atoms with E-state index in [1.54, 1.807) is 12.1 Å². The van der Waals surface area contributed by atoms with Gasteiger partial charge in [0.25, 0.3) is 5.91 Å². The predicted molar refractivity (Wildman–Crippen MR) is 108 cm³/mol. The fraction of sp³-hybridized carbons (Fsp3) is 0.222. The van der Waals surface area contributed by atoms with Gasteiger partial charge < -0.3 is 10.2 Å². The van der Waals surface area contributed by atoms with Crippen molar-refractivity contribution in [2.75, 3.05) is 23.3 Å². The summed E-state index contributed by atoms with van der Waals surface area (Å²) in [5.74, 6) is -0.236. The molecule has 24 heavy (non-hydrogen) atoms. The summed E-state index contributed by atoms with van der Waals surface area (Å²) in [4.78, 5) is 14.4. The van der Waals surface area contributed by atoms with Crippen molar-refractivity contribution in [1.29, 1.82) is 0 Å². The minimum absolute atomic E-state index is 0.236. The molecule has 0 atom stereocenters. The topological polar surface area (TPSA) is 44.4 Å². The molecule has 2 rings (SSSR count). The van der Waals surface area contributed by atoms with Crippen LogP contribution in [0, 0.1) is 0 Å². The van der Waals surface area contributed by atoms with Gasteiger partial charge in [-0.25, -0.2) is 0 Å². The first-order valence-electron chi connectivity index (χ1n) is 7.76. The van der Waals surface area contributed by atoms with Gasteiger partial charge in [0.05, 0.1) is 0 Å². The molecule has 0 saturated heterocycles. The molecule has 0 heterocycles. The first-order chi connectivity index (χ1) is 11.5. The Labute approximate surface area is 156 Å². The molecule has 0 spiro atoms. The van der Waals surface area contributed by atoms with E-state index in [-0.39, 0.29) is 11.0 Å². The summed E-state index contributed by atoms with van der Waals surface area (Å²) in [6.07, 6.45) is 0. The van der Waals surface area contributed by atoms with Crippen molar-refractivity contribution in [3.63, 3.8) is 0 Å². The van der Waals surface area contributed by atoms with Crippen molar-refractivity contribution in [1.82, 2.24) is 5.32 Å². The van der Waals surface area contributed by atoms with Crippen molar-refractivity contribution in [3.05, 3.63) is 58.6 Å². The highest BCUT2D eigenvalue weighted by atomic mass is 79.9. The third kappa shape index (κ3) is 5.04. The molecule has 2 aromatic rings. The normalized spacial score (nSPS) is 10.1. The van der Waals surface area contributed by atoms with E-state index in [4.69, 9.17) is 12.2 Å². The highest BCUT2D eigenvalue weighted by Crippen LogP contribution is 2.17. The Morgan fingerprint density at radius 2 is 1.62 bits per heavy atom. The van der Waals surface area contributed by atoms with Crippen molar-refractivity contribution >= 4 is 50.5 Å². The van der Waals surface area contributed by atoms with Gasteiger partial charge >= 0.3 is 0 Å². The molecule has 0 aliphatic heterocycles. The summed E-state index contributed by atoms with van der Waals surface area (Å²) in [5, 5.41) is 5.98. The maximum atomic E-state index is 12.1. The van der Waals surface area contributed by atoms with Crippen LogP contribution in [0.4, 0.5) is 11.4 Å². The van der Waals surface area contributed by atoms with Crippen LogP contribution in [0.2, 0.25) is 0 Å². The number of hydrogen-bond donors (Lipinski definition) is 2. The Balaban J connectivity index is 1.94. The van der Waals surface area contributed by atoms with Gasteiger partial charge in [-0.3, -0.25) is 10.1 Å². The molecule has 126 valence electrons. The average molecular weight is 406 g/mol. The minimum atomic E-state index is -0.236. The zero-order valence-corrected chi connectivity index (χ0v) is 16.1. The molecule has 0 fully saturated rings. The van der Waals surface area contributed by atoms with E-state index < -0.39 is 0 Å². The summed E-state index contributed by atoms with van der Waals surface area (Å²) in [7, 11) is 0. The molecule has 0 aliphatic carbocycles. The lowest BCUT2D eigenvalue weighted by Crippen LogP contribution is -2.34. The molecule has 0 aliphatic rings. The molecule has 0 aromatic heterocycles. The molecule has 2 N–H and O–H groups in total. The number of hydrogen-bond acceptors (Lipinski definition) is 3. The molecule has 2 aromatic carbocycles. The summed E-state index contributed by atoms with van der Waals surface area (Å²) in [6.45, 7) is 6.18. The van der Waals surface area contributed by atoms with Gasteiger partial charge in [-0.15, -0.1) is 0 Å². The van der Waals surface area contributed by atoms with E-state index in [0.717, 1.165) is 28.9 Å². The predicted octanol–water partition coefficient (Wildman–Crippen LogP) is 4.42. The van der Waals surface area contributed by atoms with Crippen molar-refractivity contribution in [2.24, 2.45) is 0 Å². The lowest BCUT2D eigenvalue weighted by Gasteiger charge is -2.21. The number of thiocarbonyl (C=S) groups is 1. The Morgan fingerprint density at radius 3 is 2.17 bits per heavy atom.